The smallest absolute Gasteiger partial charge is 0.411 e. The molecule has 0 unspecified atom stereocenters. The van der Waals surface area contributed by atoms with Gasteiger partial charge in [-0.25, -0.2) is 18.4 Å². The lowest BCUT2D eigenvalue weighted by atomic mass is 10.3. The average Bonchev–Trinajstić information content (AvgIpc) is 2.19. The third-order valence-electron chi connectivity index (χ3n) is 1.69. The number of anilines is 1. The van der Waals surface area contributed by atoms with Crippen molar-refractivity contribution in [3.05, 3.63) is 23.2 Å². The van der Waals surface area contributed by atoms with Crippen molar-refractivity contribution in [3.8, 4) is 0 Å². The molecule has 1 rings (SSSR count). The summed E-state index contributed by atoms with van der Waals surface area (Å²) < 4.78 is 26.4. The van der Waals surface area contributed by atoms with Gasteiger partial charge in [0, 0.05) is 0 Å². The number of hydrogen-bond donors (Lipinski definition) is 2. The van der Waals surface area contributed by atoms with Gasteiger partial charge in [0.05, 0.1) is 22.7 Å². The number of primary sulfonamides is 1. The van der Waals surface area contributed by atoms with Gasteiger partial charge in [0.25, 0.3) is 0 Å². The van der Waals surface area contributed by atoms with E-state index >= 15 is 0 Å². The highest BCUT2D eigenvalue weighted by Gasteiger charge is 2.12. The Morgan fingerprint density at radius 3 is 2.62 bits per heavy atom. The summed E-state index contributed by atoms with van der Waals surface area (Å²) in [5, 5.41) is 7.36. The number of rotatable bonds is 2. The minimum absolute atomic E-state index is 0.111. The minimum atomic E-state index is -3.84. The normalized spacial score (nSPS) is 10.9. The van der Waals surface area contributed by atoms with Crippen LogP contribution in [-0.2, 0) is 14.8 Å². The molecule has 0 saturated carbocycles. The third-order valence-corrected chi connectivity index (χ3v) is 2.93. The Labute approximate surface area is 97.4 Å². The van der Waals surface area contributed by atoms with E-state index in [4.69, 9.17) is 16.7 Å². The quantitative estimate of drug-likeness (QED) is 0.837. The highest BCUT2D eigenvalue weighted by molar-refractivity contribution is 7.89. The van der Waals surface area contributed by atoms with Crippen LogP contribution in [0.15, 0.2) is 23.1 Å². The zero-order valence-electron chi connectivity index (χ0n) is 8.23. The van der Waals surface area contributed by atoms with E-state index in [9.17, 15) is 13.2 Å². The number of carbonyl (C=O) groups is 1. The van der Waals surface area contributed by atoms with Crippen molar-refractivity contribution >= 4 is 33.4 Å². The molecule has 1 amide bonds. The number of nitrogens with one attached hydrogen (secondary N) is 1. The molecule has 0 spiro atoms. The van der Waals surface area contributed by atoms with Gasteiger partial charge in [0.15, 0.2) is 0 Å². The second-order valence-electron chi connectivity index (χ2n) is 2.80. The van der Waals surface area contributed by atoms with Gasteiger partial charge in [-0.05, 0) is 18.2 Å². The van der Waals surface area contributed by atoms with Crippen molar-refractivity contribution in [1.29, 1.82) is 0 Å². The summed E-state index contributed by atoms with van der Waals surface area (Å²) in [5.41, 5.74) is 0.111. The topological polar surface area (TPSA) is 98.5 Å². The van der Waals surface area contributed by atoms with Gasteiger partial charge in [-0.2, -0.15) is 0 Å². The molecule has 3 N–H and O–H groups in total. The fourth-order valence-electron chi connectivity index (χ4n) is 0.938. The van der Waals surface area contributed by atoms with E-state index in [1.54, 1.807) is 0 Å². The maximum atomic E-state index is 11.0. The van der Waals surface area contributed by atoms with Crippen molar-refractivity contribution in [2.24, 2.45) is 5.14 Å². The van der Waals surface area contributed by atoms with E-state index in [2.05, 4.69) is 10.1 Å². The number of sulfonamides is 1. The Morgan fingerprint density at radius 2 is 2.12 bits per heavy atom. The van der Waals surface area contributed by atoms with Gasteiger partial charge < -0.3 is 4.74 Å². The summed E-state index contributed by atoms with van der Waals surface area (Å²) in [5.74, 6) is 0. The van der Waals surface area contributed by atoms with Gasteiger partial charge in [0.2, 0.25) is 10.0 Å². The van der Waals surface area contributed by atoms with Crippen molar-refractivity contribution in [2.45, 2.75) is 4.90 Å². The Kier molecular flexibility index (Phi) is 3.74. The standard InChI is InChI=1S/C8H9ClN2O4S/c1-15-8(12)11-7-4-5(16(10,13)14)2-3-6(7)9/h2-4H,1H3,(H,11,12)(H2,10,13,14). The minimum Gasteiger partial charge on any atom is -0.453 e. The maximum Gasteiger partial charge on any atom is 0.411 e. The highest BCUT2D eigenvalue weighted by Crippen LogP contribution is 2.24. The van der Waals surface area contributed by atoms with Gasteiger partial charge in [-0.3, -0.25) is 5.32 Å². The van der Waals surface area contributed by atoms with Crippen molar-refractivity contribution in [2.75, 3.05) is 12.4 Å². The lowest BCUT2D eigenvalue weighted by Gasteiger charge is -2.07. The number of ether oxygens (including phenoxy) is 1. The summed E-state index contributed by atoms with van der Waals surface area (Å²) in [6, 6.07) is 3.70. The van der Waals surface area contributed by atoms with E-state index in [0.717, 1.165) is 6.07 Å². The van der Waals surface area contributed by atoms with Crippen LogP contribution in [0.2, 0.25) is 5.02 Å². The SMILES string of the molecule is COC(=O)Nc1cc(S(N)(=O)=O)ccc1Cl. The number of amides is 1. The Hall–Kier alpha value is -1.31. The molecule has 0 aliphatic rings. The zero-order valence-corrected chi connectivity index (χ0v) is 9.80. The molecule has 0 aliphatic carbocycles. The van der Waals surface area contributed by atoms with E-state index < -0.39 is 16.1 Å². The first-order valence-electron chi connectivity index (χ1n) is 4.02. The molecule has 1 aromatic carbocycles. The van der Waals surface area contributed by atoms with Crippen LogP contribution in [-0.4, -0.2) is 21.6 Å². The van der Waals surface area contributed by atoms with Crippen molar-refractivity contribution in [3.63, 3.8) is 0 Å². The summed E-state index contributed by atoms with van der Waals surface area (Å²) in [6.45, 7) is 0. The van der Waals surface area contributed by atoms with Crippen molar-refractivity contribution in [1.82, 2.24) is 0 Å². The molecule has 1 aromatic rings. The lowest BCUT2D eigenvalue weighted by Crippen LogP contribution is -2.14. The zero-order chi connectivity index (χ0) is 12.3. The van der Waals surface area contributed by atoms with Gasteiger partial charge in [-0.15, -0.1) is 0 Å². The largest absolute Gasteiger partial charge is 0.453 e. The third kappa shape index (κ3) is 3.09. The van der Waals surface area contributed by atoms with Crippen LogP contribution in [0.3, 0.4) is 0 Å². The number of carbonyl (C=O) groups excluding carboxylic acids is 1. The number of halogens is 1. The molecule has 0 aliphatic heterocycles. The first kappa shape index (κ1) is 12.8. The molecule has 0 bridgehead atoms. The van der Waals surface area contributed by atoms with E-state index in [1.165, 1.54) is 19.2 Å². The molecular formula is C8H9ClN2O4S. The Morgan fingerprint density at radius 1 is 1.50 bits per heavy atom. The number of nitrogens with two attached hydrogens (primary N) is 1. The molecule has 8 heteroatoms. The predicted molar refractivity (Wildman–Crippen MR) is 58.9 cm³/mol. The summed E-state index contributed by atoms with van der Waals surface area (Å²) >= 11 is 5.74. The molecule has 88 valence electrons. The monoisotopic (exact) mass is 264 g/mol. The molecule has 16 heavy (non-hydrogen) atoms. The van der Waals surface area contributed by atoms with Crippen LogP contribution < -0.4 is 10.5 Å². The second kappa shape index (κ2) is 4.69. The fraction of sp³-hybridized carbons (Fsp3) is 0.125. The van der Waals surface area contributed by atoms with E-state index in [1.807, 2.05) is 0 Å². The van der Waals surface area contributed by atoms with Gasteiger partial charge in [-0.1, -0.05) is 11.6 Å². The van der Waals surface area contributed by atoms with Crippen LogP contribution in [0, 0.1) is 0 Å². The number of methoxy groups -OCH3 is 1. The molecular weight excluding hydrogens is 256 g/mol. The highest BCUT2D eigenvalue weighted by atomic mass is 35.5. The molecule has 0 atom stereocenters. The van der Waals surface area contributed by atoms with Gasteiger partial charge in [0.1, 0.15) is 0 Å². The summed E-state index contributed by atoms with van der Waals surface area (Å²) in [6.07, 6.45) is -0.756. The average molecular weight is 265 g/mol. The van der Waals surface area contributed by atoms with Crippen LogP contribution >= 0.6 is 11.6 Å². The molecule has 0 fully saturated rings. The van der Waals surface area contributed by atoms with Crippen LogP contribution in [0.5, 0.6) is 0 Å². The first-order chi connectivity index (χ1) is 7.34. The first-order valence-corrected chi connectivity index (χ1v) is 5.94. The van der Waals surface area contributed by atoms with Crippen LogP contribution in [0.4, 0.5) is 10.5 Å². The van der Waals surface area contributed by atoms with Crippen LogP contribution in [0.1, 0.15) is 0 Å². The fourth-order valence-corrected chi connectivity index (χ4v) is 1.64. The number of hydrogen-bond acceptors (Lipinski definition) is 4. The summed E-state index contributed by atoms with van der Waals surface area (Å²) in [4.78, 5) is 10.8. The molecule has 0 aromatic heterocycles. The van der Waals surface area contributed by atoms with Crippen LogP contribution in [0.25, 0.3) is 0 Å². The molecule has 0 heterocycles. The Balaban J connectivity index is 3.14. The van der Waals surface area contributed by atoms with E-state index in [0.29, 0.717) is 0 Å². The lowest BCUT2D eigenvalue weighted by molar-refractivity contribution is 0.187. The van der Waals surface area contributed by atoms with E-state index in [-0.39, 0.29) is 15.6 Å². The molecule has 0 radical (unpaired) electrons. The predicted octanol–water partition coefficient (Wildman–Crippen LogP) is 1.17. The Bertz CT molecular complexity index is 515. The van der Waals surface area contributed by atoms with Crippen molar-refractivity contribution < 1.29 is 17.9 Å². The molecule has 6 nitrogen and oxygen atoms in total. The maximum absolute atomic E-state index is 11.0. The van der Waals surface area contributed by atoms with Gasteiger partial charge >= 0.3 is 6.09 Å². The summed E-state index contributed by atoms with van der Waals surface area (Å²) in [7, 11) is -2.66. The number of benzene rings is 1. The second-order valence-corrected chi connectivity index (χ2v) is 4.77. The molecule has 0 saturated heterocycles.